The fourth-order valence-electron chi connectivity index (χ4n) is 3.59. The molecule has 4 rings (SSSR count). The van der Waals surface area contributed by atoms with Crippen LogP contribution >= 0.6 is 0 Å². The average Bonchev–Trinajstić information content (AvgIpc) is 2.61. The number of nitrogens with one attached hydrogen (secondary N) is 3. The van der Waals surface area contributed by atoms with Crippen molar-refractivity contribution in [2.24, 2.45) is 0 Å². The third-order valence-corrected chi connectivity index (χ3v) is 6.72. The molecule has 0 saturated heterocycles. The van der Waals surface area contributed by atoms with Crippen LogP contribution in [0.4, 0.5) is 0 Å². The summed E-state index contributed by atoms with van der Waals surface area (Å²) < 4.78 is 28.3. The van der Waals surface area contributed by atoms with E-state index in [9.17, 15) is 18.0 Å². The number of hydrogen-bond acceptors (Lipinski definition) is 4. The summed E-state index contributed by atoms with van der Waals surface area (Å²) in [5.74, 6) is 0. The van der Waals surface area contributed by atoms with Crippen molar-refractivity contribution in [2.75, 3.05) is 6.54 Å². The highest BCUT2D eigenvalue weighted by molar-refractivity contribution is 7.89. The van der Waals surface area contributed by atoms with Gasteiger partial charge in [-0.2, -0.15) is 0 Å². The van der Waals surface area contributed by atoms with E-state index in [-0.39, 0.29) is 15.7 Å². The number of H-pyrrole nitrogens is 2. The average molecular weight is 385 g/mol. The van der Waals surface area contributed by atoms with E-state index in [0.717, 1.165) is 24.8 Å². The Balaban J connectivity index is 1.63. The molecule has 1 saturated carbocycles. The summed E-state index contributed by atoms with van der Waals surface area (Å²) in [5.41, 5.74) is -0.0102. The van der Waals surface area contributed by atoms with Gasteiger partial charge in [0.25, 0.3) is 5.56 Å². The van der Waals surface area contributed by atoms with Gasteiger partial charge in [0, 0.05) is 12.0 Å². The molecule has 140 valence electrons. The minimum Gasteiger partial charge on any atom is -0.307 e. The van der Waals surface area contributed by atoms with Gasteiger partial charge >= 0.3 is 5.69 Å². The number of benzene rings is 2. The predicted octanol–water partition coefficient (Wildman–Crippen LogP) is 1.62. The molecule has 0 unspecified atom stereocenters. The Kier molecular flexibility index (Phi) is 4.24. The van der Waals surface area contributed by atoms with Gasteiger partial charge < -0.3 is 4.98 Å². The normalized spacial score (nSPS) is 16.1. The number of sulfonamides is 1. The van der Waals surface area contributed by atoms with Gasteiger partial charge in [-0.25, -0.2) is 17.9 Å². The third kappa shape index (κ3) is 3.22. The Morgan fingerprint density at radius 1 is 1.00 bits per heavy atom. The molecular weight excluding hydrogens is 366 g/mol. The van der Waals surface area contributed by atoms with Gasteiger partial charge in [-0.05, 0) is 36.6 Å². The number of aromatic nitrogens is 2. The molecule has 0 aliphatic heterocycles. The number of hydrogen-bond donors (Lipinski definition) is 3. The Morgan fingerprint density at radius 3 is 2.41 bits per heavy atom. The highest BCUT2D eigenvalue weighted by Gasteiger charge is 2.39. The van der Waals surface area contributed by atoms with E-state index in [1.54, 1.807) is 0 Å². The highest BCUT2D eigenvalue weighted by Crippen LogP contribution is 2.43. The molecule has 7 nitrogen and oxygen atoms in total. The first-order valence-corrected chi connectivity index (χ1v) is 10.2. The lowest BCUT2D eigenvalue weighted by atomic mass is 9.64. The van der Waals surface area contributed by atoms with Crippen molar-refractivity contribution in [2.45, 2.75) is 29.6 Å². The zero-order valence-corrected chi connectivity index (χ0v) is 15.3. The maximum Gasteiger partial charge on any atom is 0.326 e. The van der Waals surface area contributed by atoms with Gasteiger partial charge in [0.1, 0.15) is 0 Å². The molecule has 0 bridgehead atoms. The zero-order chi connectivity index (χ0) is 19.1. The lowest BCUT2D eigenvalue weighted by Crippen LogP contribution is -2.45. The minimum absolute atomic E-state index is 0.00455. The van der Waals surface area contributed by atoms with E-state index in [2.05, 4.69) is 14.7 Å². The molecule has 0 atom stereocenters. The van der Waals surface area contributed by atoms with E-state index in [1.165, 1.54) is 18.2 Å². The van der Waals surface area contributed by atoms with Crippen LogP contribution in [0.1, 0.15) is 24.8 Å². The smallest absolute Gasteiger partial charge is 0.307 e. The molecule has 1 heterocycles. The minimum atomic E-state index is -3.79. The van der Waals surface area contributed by atoms with Crippen LogP contribution in [0.2, 0.25) is 0 Å². The number of fused-ring (bicyclic) bond motifs is 1. The molecule has 3 N–H and O–H groups in total. The van der Waals surface area contributed by atoms with Crippen molar-refractivity contribution < 1.29 is 8.42 Å². The van der Waals surface area contributed by atoms with Crippen molar-refractivity contribution in [1.82, 2.24) is 14.7 Å². The summed E-state index contributed by atoms with van der Waals surface area (Å²) >= 11 is 0. The molecule has 8 heteroatoms. The van der Waals surface area contributed by atoms with Crippen LogP contribution in [0.25, 0.3) is 10.9 Å². The lowest BCUT2D eigenvalue weighted by molar-refractivity contribution is 0.245. The quantitative estimate of drug-likeness (QED) is 0.619. The van der Waals surface area contributed by atoms with Crippen molar-refractivity contribution in [3.8, 4) is 0 Å². The van der Waals surface area contributed by atoms with Gasteiger partial charge in [0.15, 0.2) is 0 Å². The Bertz CT molecular complexity index is 1210. The van der Waals surface area contributed by atoms with E-state index in [4.69, 9.17) is 0 Å². The van der Waals surface area contributed by atoms with Crippen LogP contribution in [0.5, 0.6) is 0 Å². The van der Waals surface area contributed by atoms with Crippen LogP contribution in [0.3, 0.4) is 0 Å². The molecule has 1 aliphatic carbocycles. The first kappa shape index (κ1) is 17.7. The van der Waals surface area contributed by atoms with Crippen LogP contribution in [-0.2, 0) is 15.4 Å². The van der Waals surface area contributed by atoms with E-state index in [1.807, 2.05) is 30.3 Å². The van der Waals surface area contributed by atoms with E-state index < -0.39 is 21.3 Å². The topological polar surface area (TPSA) is 112 Å². The van der Waals surface area contributed by atoms with Gasteiger partial charge in [-0.1, -0.05) is 36.8 Å². The second-order valence-electron chi connectivity index (χ2n) is 6.94. The van der Waals surface area contributed by atoms with Crippen LogP contribution in [0.15, 0.2) is 63.0 Å². The number of rotatable bonds is 5. The summed E-state index contributed by atoms with van der Waals surface area (Å²) in [6.45, 7) is 0.305. The first-order valence-electron chi connectivity index (χ1n) is 8.71. The van der Waals surface area contributed by atoms with Crippen molar-refractivity contribution in [1.29, 1.82) is 0 Å². The first-order chi connectivity index (χ1) is 12.9. The number of aromatic amines is 2. The molecule has 1 aromatic heterocycles. The van der Waals surface area contributed by atoms with Crippen molar-refractivity contribution >= 4 is 20.9 Å². The van der Waals surface area contributed by atoms with Crippen LogP contribution < -0.4 is 16.0 Å². The molecule has 0 radical (unpaired) electrons. The maximum atomic E-state index is 12.8. The third-order valence-electron chi connectivity index (χ3n) is 5.32. The Labute approximate surface area is 155 Å². The summed E-state index contributed by atoms with van der Waals surface area (Å²) in [5, 5.41) is 0.124. The highest BCUT2D eigenvalue weighted by atomic mass is 32.2. The van der Waals surface area contributed by atoms with E-state index in [0.29, 0.717) is 12.1 Å². The fraction of sp³-hybridized carbons (Fsp3) is 0.263. The van der Waals surface area contributed by atoms with Crippen LogP contribution in [-0.4, -0.2) is 24.9 Å². The Hall–Kier alpha value is -2.71. The molecule has 3 aromatic rings. The standard InChI is InChI=1S/C19H19N3O4S/c23-17-15-11-14(7-8-16(15)21-18(24)22-17)27(25,26)20-12-19(9-4-10-19)13-5-2-1-3-6-13/h1-3,5-8,11,20H,4,9-10,12H2,(H2,21,22,23,24). The Morgan fingerprint density at radius 2 is 1.74 bits per heavy atom. The zero-order valence-electron chi connectivity index (χ0n) is 14.5. The van der Waals surface area contributed by atoms with Crippen molar-refractivity contribution in [3.05, 3.63) is 74.9 Å². The summed E-state index contributed by atoms with van der Waals surface area (Å²) in [6.07, 6.45) is 2.92. The molecule has 2 aromatic carbocycles. The largest absolute Gasteiger partial charge is 0.326 e. The van der Waals surface area contributed by atoms with Gasteiger partial charge in [-0.3, -0.25) is 9.78 Å². The molecule has 0 spiro atoms. The van der Waals surface area contributed by atoms with Gasteiger partial charge in [0.2, 0.25) is 10.0 Å². The molecular formula is C19H19N3O4S. The summed E-state index contributed by atoms with van der Waals surface area (Å²) in [7, 11) is -3.79. The predicted molar refractivity (Wildman–Crippen MR) is 102 cm³/mol. The SMILES string of the molecule is O=c1[nH]c(=O)c2cc(S(=O)(=O)NCC3(c4ccccc4)CCC3)ccc2[nH]1. The molecule has 1 fully saturated rings. The van der Waals surface area contributed by atoms with Crippen molar-refractivity contribution in [3.63, 3.8) is 0 Å². The second kappa shape index (κ2) is 6.47. The van der Waals surface area contributed by atoms with E-state index >= 15 is 0 Å². The molecule has 1 aliphatic rings. The second-order valence-corrected chi connectivity index (χ2v) is 8.71. The maximum absolute atomic E-state index is 12.8. The summed E-state index contributed by atoms with van der Waals surface area (Å²) in [4.78, 5) is 27.9. The van der Waals surface area contributed by atoms with Crippen LogP contribution in [0, 0.1) is 0 Å². The lowest BCUT2D eigenvalue weighted by Gasteiger charge is -2.42. The van der Waals surface area contributed by atoms with Gasteiger partial charge in [-0.15, -0.1) is 0 Å². The molecule has 0 amide bonds. The van der Waals surface area contributed by atoms with Gasteiger partial charge in [0.05, 0.1) is 15.8 Å². The monoisotopic (exact) mass is 385 g/mol. The summed E-state index contributed by atoms with van der Waals surface area (Å²) in [6, 6.07) is 14.0. The fourth-order valence-corrected chi connectivity index (χ4v) is 4.74. The molecule has 27 heavy (non-hydrogen) atoms.